The van der Waals surface area contributed by atoms with E-state index in [1.54, 1.807) is 4.90 Å². The molecular formula is C9H14N2O4. The molecule has 1 unspecified atom stereocenters. The Hall–Kier alpha value is -1.30. The van der Waals surface area contributed by atoms with Crippen LogP contribution in [0.2, 0.25) is 0 Å². The van der Waals surface area contributed by atoms with Gasteiger partial charge in [0.15, 0.2) is 0 Å². The zero-order valence-corrected chi connectivity index (χ0v) is 8.39. The molecule has 0 saturated carbocycles. The molecule has 0 spiro atoms. The van der Waals surface area contributed by atoms with Gasteiger partial charge in [-0.2, -0.15) is 0 Å². The van der Waals surface area contributed by atoms with Crippen LogP contribution in [0.1, 0.15) is 6.42 Å². The van der Waals surface area contributed by atoms with Gasteiger partial charge in [0, 0.05) is 19.7 Å². The summed E-state index contributed by atoms with van der Waals surface area (Å²) < 4.78 is 5.21. The Balaban J connectivity index is 1.94. The third kappa shape index (κ3) is 2.04. The van der Waals surface area contributed by atoms with Gasteiger partial charge in [-0.25, -0.2) is 4.79 Å². The Morgan fingerprint density at radius 2 is 2.27 bits per heavy atom. The monoisotopic (exact) mass is 214 g/mol. The van der Waals surface area contributed by atoms with Crippen molar-refractivity contribution < 1.29 is 19.4 Å². The van der Waals surface area contributed by atoms with Crippen LogP contribution in [0.15, 0.2) is 0 Å². The largest absolute Gasteiger partial charge is 0.465 e. The van der Waals surface area contributed by atoms with Crippen LogP contribution >= 0.6 is 0 Å². The molecule has 15 heavy (non-hydrogen) atoms. The van der Waals surface area contributed by atoms with Gasteiger partial charge < -0.3 is 14.7 Å². The number of piperazine rings is 1. The zero-order valence-electron chi connectivity index (χ0n) is 8.39. The summed E-state index contributed by atoms with van der Waals surface area (Å²) in [6.45, 7) is 2.14. The second-order valence-corrected chi connectivity index (χ2v) is 3.81. The second-order valence-electron chi connectivity index (χ2n) is 3.81. The maximum absolute atomic E-state index is 11.7. The first-order valence-electron chi connectivity index (χ1n) is 5.03. The van der Waals surface area contributed by atoms with Crippen molar-refractivity contribution in [2.75, 3.05) is 32.8 Å². The lowest BCUT2D eigenvalue weighted by molar-refractivity contribution is -0.137. The van der Waals surface area contributed by atoms with Gasteiger partial charge in [0.1, 0.15) is 6.54 Å². The summed E-state index contributed by atoms with van der Waals surface area (Å²) in [5, 5.41) is 8.74. The van der Waals surface area contributed by atoms with Crippen LogP contribution in [-0.2, 0) is 9.53 Å². The number of hydrogen-bond acceptors (Lipinski definition) is 3. The molecule has 0 aromatic carbocycles. The van der Waals surface area contributed by atoms with Crippen molar-refractivity contribution in [1.29, 1.82) is 0 Å². The molecule has 84 valence electrons. The number of carbonyl (C=O) groups excluding carboxylic acids is 1. The summed E-state index contributed by atoms with van der Waals surface area (Å²) in [4.78, 5) is 25.2. The van der Waals surface area contributed by atoms with E-state index in [9.17, 15) is 9.59 Å². The minimum atomic E-state index is -1.02. The standard InChI is InChI=1S/C9H14N2O4/c12-8-5-10(9(13)14)2-3-11(8)7-1-4-15-6-7/h7H,1-6H2,(H,13,14). The highest BCUT2D eigenvalue weighted by Gasteiger charge is 2.33. The van der Waals surface area contributed by atoms with Crippen LogP contribution in [0.4, 0.5) is 4.79 Å². The van der Waals surface area contributed by atoms with Crippen LogP contribution in [0.25, 0.3) is 0 Å². The minimum Gasteiger partial charge on any atom is -0.465 e. The molecule has 2 fully saturated rings. The lowest BCUT2D eigenvalue weighted by atomic mass is 10.2. The number of carboxylic acid groups (broad SMARTS) is 1. The lowest BCUT2D eigenvalue weighted by Crippen LogP contribution is -2.55. The lowest BCUT2D eigenvalue weighted by Gasteiger charge is -2.35. The van der Waals surface area contributed by atoms with Crippen LogP contribution in [0.5, 0.6) is 0 Å². The number of ether oxygens (including phenoxy) is 1. The summed E-state index contributed by atoms with van der Waals surface area (Å²) in [7, 11) is 0. The van der Waals surface area contributed by atoms with Gasteiger partial charge in [-0.3, -0.25) is 9.69 Å². The third-order valence-corrected chi connectivity index (χ3v) is 2.87. The van der Waals surface area contributed by atoms with E-state index in [2.05, 4.69) is 0 Å². The van der Waals surface area contributed by atoms with Gasteiger partial charge in [0.2, 0.25) is 5.91 Å². The molecule has 2 aliphatic heterocycles. The molecule has 2 aliphatic rings. The Morgan fingerprint density at radius 1 is 1.47 bits per heavy atom. The number of carbonyl (C=O) groups is 2. The van der Waals surface area contributed by atoms with E-state index >= 15 is 0 Å². The fraction of sp³-hybridized carbons (Fsp3) is 0.778. The molecule has 0 aliphatic carbocycles. The van der Waals surface area contributed by atoms with E-state index in [1.807, 2.05) is 0 Å². The molecule has 2 rings (SSSR count). The molecular weight excluding hydrogens is 200 g/mol. The summed E-state index contributed by atoms with van der Waals surface area (Å²) in [5.41, 5.74) is 0. The molecule has 6 nitrogen and oxygen atoms in total. The highest BCUT2D eigenvalue weighted by molar-refractivity contribution is 5.83. The molecule has 0 bridgehead atoms. The van der Waals surface area contributed by atoms with Crippen molar-refractivity contribution in [3.05, 3.63) is 0 Å². The van der Waals surface area contributed by atoms with E-state index in [1.165, 1.54) is 0 Å². The van der Waals surface area contributed by atoms with Gasteiger partial charge in [-0.05, 0) is 6.42 Å². The normalized spacial score (nSPS) is 27.2. The summed E-state index contributed by atoms with van der Waals surface area (Å²) >= 11 is 0. The van der Waals surface area contributed by atoms with Crippen LogP contribution in [0, 0.1) is 0 Å². The summed E-state index contributed by atoms with van der Waals surface area (Å²) in [5.74, 6) is -0.112. The van der Waals surface area contributed by atoms with E-state index < -0.39 is 6.09 Å². The first-order chi connectivity index (χ1) is 7.18. The van der Waals surface area contributed by atoms with Crippen molar-refractivity contribution in [3.63, 3.8) is 0 Å². The average Bonchev–Trinajstić information content (AvgIpc) is 2.70. The molecule has 0 aromatic rings. The Labute approximate surface area is 87.4 Å². The van der Waals surface area contributed by atoms with Crippen LogP contribution in [0.3, 0.4) is 0 Å². The SMILES string of the molecule is O=C(O)N1CCN(C2CCOC2)C(=O)C1. The third-order valence-electron chi connectivity index (χ3n) is 2.87. The first kappa shape index (κ1) is 10.2. The topological polar surface area (TPSA) is 70.1 Å². The maximum atomic E-state index is 11.7. The molecule has 2 saturated heterocycles. The van der Waals surface area contributed by atoms with Gasteiger partial charge in [0.25, 0.3) is 0 Å². The molecule has 2 heterocycles. The van der Waals surface area contributed by atoms with Crippen molar-refractivity contribution in [2.24, 2.45) is 0 Å². The van der Waals surface area contributed by atoms with Gasteiger partial charge in [-0.1, -0.05) is 0 Å². The predicted octanol–water partition coefficient (Wildman–Crippen LogP) is -0.402. The maximum Gasteiger partial charge on any atom is 0.407 e. The Bertz CT molecular complexity index is 275. The van der Waals surface area contributed by atoms with E-state index in [-0.39, 0.29) is 18.5 Å². The number of nitrogens with zero attached hydrogens (tertiary/aromatic N) is 2. The van der Waals surface area contributed by atoms with Gasteiger partial charge in [0.05, 0.1) is 12.6 Å². The zero-order chi connectivity index (χ0) is 10.8. The Kier molecular flexibility index (Phi) is 2.77. The number of amides is 2. The molecule has 2 amide bonds. The molecule has 1 N–H and O–H groups in total. The average molecular weight is 214 g/mol. The van der Waals surface area contributed by atoms with Gasteiger partial charge >= 0.3 is 6.09 Å². The fourth-order valence-corrected chi connectivity index (χ4v) is 2.00. The smallest absolute Gasteiger partial charge is 0.407 e. The molecule has 1 atom stereocenters. The summed E-state index contributed by atoms with van der Waals surface area (Å²) in [6.07, 6.45) is -0.163. The van der Waals surface area contributed by atoms with Crippen molar-refractivity contribution in [3.8, 4) is 0 Å². The van der Waals surface area contributed by atoms with Crippen molar-refractivity contribution >= 4 is 12.0 Å². The summed E-state index contributed by atoms with van der Waals surface area (Å²) in [6, 6.07) is 0.147. The highest BCUT2D eigenvalue weighted by atomic mass is 16.5. The van der Waals surface area contributed by atoms with Crippen LogP contribution < -0.4 is 0 Å². The van der Waals surface area contributed by atoms with E-state index in [4.69, 9.17) is 9.84 Å². The molecule has 6 heteroatoms. The Morgan fingerprint density at radius 3 is 2.80 bits per heavy atom. The quantitative estimate of drug-likeness (QED) is 0.644. The van der Waals surface area contributed by atoms with Gasteiger partial charge in [-0.15, -0.1) is 0 Å². The molecule has 0 radical (unpaired) electrons. The van der Waals surface area contributed by atoms with E-state index in [0.29, 0.717) is 26.3 Å². The first-order valence-corrected chi connectivity index (χ1v) is 5.03. The fourth-order valence-electron chi connectivity index (χ4n) is 2.00. The number of rotatable bonds is 1. The van der Waals surface area contributed by atoms with Crippen molar-refractivity contribution in [2.45, 2.75) is 12.5 Å². The van der Waals surface area contributed by atoms with Crippen molar-refractivity contribution in [1.82, 2.24) is 9.80 Å². The predicted molar refractivity (Wildman–Crippen MR) is 50.5 cm³/mol. The molecule has 0 aromatic heterocycles. The second kappa shape index (κ2) is 4.06. The van der Waals surface area contributed by atoms with E-state index in [0.717, 1.165) is 11.3 Å². The minimum absolute atomic E-state index is 0.0220. The number of hydrogen-bond donors (Lipinski definition) is 1. The highest BCUT2D eigenvalue weighted by Crippen LogP contribution is 2.15. The van der Waals surface area contributed by atoms with Crippen LogP contribution in [-0.4, -0.2) is 65.8 Å².